The van der Waals surface area contributed by atoms with E-state index in [1.807, 2.05) is 57.2 Å². The average Bonchev–Trinajstić information content (AvgIpc) is 2.79. The number of aliphatic hydroxyl groups is 1. The van der Waals surface area contributed by atoms with E-state index in [0.717, 1.165) is 22.3 Å². The number of nitrogens with zero attached hydrogens (tertiary/aromatic N) is 2. The summed E-state index contributed by atoms with van der Waals surface area (Å²) in [5.74, 6) is 0.193. The lowest BCUT2D eigenvalue weighted by molar-refractivity contribution is 0.241. The monoisotopic (exact) mass is 454 g/mol. The molecule has 32 heavy (non-hydrogen) atoms. The number of hydrogen-bond donors (Lipinski definition) is 1. The molecule has 0 radical (unpaired) electrons. The van der Waals surface area contributed by atoms with Crippen molar-refractivity contribution in [1.82, 2.24) is 4.98 Å². The van der Waals surface area contributed by atoms with Crippen LogP contribution in [-0.4, -0.2) is 31.7 Å². The van der Waals surface area contributed by atoms with Crippen molar-refractivity contribution in [3.05, 3.63) is 83.0 Å². The van der Waals surface area contributed by atoms with Crippen LogP contribution in [0.5, 0.6) is 5.75 Å². The molecule has 0 amide bonds. The summed E-state index contributed by atoms with van der Waals surface area (Å²) in [6.07, 6.45) is 1.45. The highest BCUT2D eigenvalue weighted by Crippen LogP contribution is 2.36. The van der Waals surface area contributed by atoms with Gasteiger partial charge in [0.1, 0.15) is 12.4 Å². The van der Waals surface area contributed by atoms with E-state index in [2.05, 4.69) is 4.98 Å². The Labute approximate surface area is 190 Å². The van der Waals surface area contributed by atoms with Gasteiger partial charge in [-0.15, -0.1) is 0 Å². The number of sulfonamides is 1. The van der Waals surface area contributed by atoms with E-state index in [9.17, 15) is 13.5 Å². The van der Waals surface area contributed by atoms with E-state index in [4.69, 9.17) is 4.74 Å². The smallest absolute Gasteiger partial charge is 0.281 e. The van der Waals surface area contributed by atoms with Crippen LogP contribution < -0.4 is 9.04 Å². The molecular formula is C25H30N2O4S. The highest BCUT2D eigenvalue weighted by molar-refractivity contribution is 7.92. The van der Waals surface area contributed by atoms with Gasteiger partial charge in [-0.2, -0.15) is 8.42 Å². The van der Waals surface area contributed by atoms with Gasteiger partial charge in [0.25, 0.3) is 10.0 Å². The second-order valence-electron chi connectivity index (χ2n) is 8.17. The Morgan fingerprint density at radius 1 is 1.03 bits per heavy atom. The van der Waals surface area contributed by atoms with Crippen molar-refractivity contribution in [3.63, 3.8) is 0 Å². The zero-order valence-corrected chi connectivity index (χ0v) is 19.8. The first-order valence-corrected chi connectivity index (χ1v) is 12.0. The lowest BCUT2D eigenvalue weighted by atomic mass is 10.1. The molecular weight excluding hydrogens is 424 g/mol. The molecule has 2 aromatic carbocycles. The van der Waals surface area contributed by atoms with Crippen LogP contribution >= 0.6 is 0 Å². The number of benzene rings is 2. The van der Waals surface area contributed by atoms with Crippen LogP contribution in [0.1, 0.15) is 29.2 Å². The average molecular weight is 455 g/mol. The number of aromatic nitrogens is 1. The molecule has 3 aromatic rings. The minimum atomic E-state index is -3.97. The summed E-state index contributed by atoms with van der Waals surface area (Å²) in [6, 6.07) is 16.5. The predicted octanol–water partition coefficient (Wildman–Crippen LogP) is 4.41. The van der Waals surface area contributed by atoms with Gasteiger partial charge >= 0.3 is 0 Å². The first-order chi connectivity index (χ1) is 15.2. The molecule has 0 bridgehead atoms. The number of pyridine rings is 1. The summed E-state index contributed by atoms with van der Waals surface area (Å²) in [4.78, 5) is 4.07. The van der Waals surface area contributed by atoms with Gasteiger partial charge in [-0.05, 0) is 67.6 Å². The van der Waals surface area contributed by atoms with E-state index in [1.54, 1.807) is 19.1 Å². The number of aliphatic hydroxyl groups excluding tert-OH is 1. The molecule has 6 nitrogen and oxygen atoms in total. The van der Waals surface area contributed by atoms with Crippen LogP contribution in [0, 0.1) is 26.7 Å². The standard InChI is InChI=1S/C25H30N2O4S/c1-18-8-10-22(11-9-18)17-31-24-14-21(4)20(3)13-23(24)27(15-19(2)16-28)32(29,30)25-7-5-6-12-26-25/h5-14,19,28H,15-17H2,1-4H3/t19-/m0/s1. The van der Waals surface area contributed by atoms with Gasteiger partial charge in [0.15, 0.2) is 5.03 Å². The van der Waals surface area contributed by atoms with Crippen LogP contribution in [0.15, 0.2) is 65.8 Å². The fraction of sp³-hybridized carbons (Fsp3) is 0.320. The molecule has 0 unspecified atom stereocenters. The third kappa shape index (κ3) is 5.47. The summed E-state index contributed by atoms with van der Waals surface area (Å²) in [6.45, 7) is 7.99. The molecule has 170 valence electrons. The van der Waals surface area contributed by atoms with Crippen LogP contribution in [0.3, 0.4) is 0 Å². The number of anilines is 1. The van der Waals surface area contributed by atoms with E-state index in [-0.39, 0.29) is 24.1 Å². The first kappa shape index (κ1) is 23.8. The summed E-state index contributed by atoms with van der Waals surface area (Å²) < 4.78 is 34.6. The maximum atomic E-state index is 13.6. The fourth-order valence-corrected chi connectivity index (χ4v) is 4.73. The molecule has 7 heteroatoms. The molecule has 0 fully saturated rings. The summed E-state index contributed by atoms with van der Waals surface area (Å²) >= 11 is 0. The summed E-state index contributed by atoms with van der Waals surface area (Å²) in [5, 5.41) is 9.59. The zero-order valence-electron chi connectivity index (χ0n) is 18.9. The first-order valence-electron chi connectivity index (χ1n) is 10.6. The van der Waals surface area contributed by atoms with Crippen LogP contribution in [-0.2, 0) is 16.6 Å². The Kier molecular flexibility index (Phi) is 7.53. The fourth-order valence-electron chi connectivity index (χ4n) is 3.21. The van der Waals surface area contributed by atoms with E-state index >= 15 is 0 Å². The quantitative estimate of drug-likeness (QED) is 0.518. The number of ether oxygens (including phenoxy) is 1. The Balaban J connectivity index is 2.06. The molecule has 1 aromatic heterocycles. The Morgan fingerprint density at radius 2 is 1.72 bits per heavy atom. The van der Waals surface area contributed by atoms with Gasteiger partial charge in [0.05, 0.1) is 5.69 Å². The second kappa shape index (κ2) is 10.1. The van der Waals surface area contributed by atoms with Gasteiger partial charge in [-0.25, -0.2) is 4.98 Å². The highest BCUT2D eigenvalue weighted by atomic mass is 32.2. The topological polar surface area (TPSA) is 79.7 Å². The normalized spacial score (nSPS) is 12.4. The molecule has 0 aliphatic rings. The Bertz CT molecular complexity index is 1150. The van der Waals surface area contributed by atoms with Gasteiger partial charge in [-0.3, -0.25) is 4.31 Å². The second-order valence-corrected chi connectivity index (χ2v) is 9.98. The lowest BCUT2D eigenvalue weighted by Gasteiger charge is -2.29. The number of aryl methyl sites for hydroxylation is 3. The van der Waals surface area contributed by atoms with E-state index < -0.39 is 10.0 Å². The molecule has 1 atom stereocenters. The SMILES string of the molecule is Cc1ccc(COc2cc(C)c(C)cc2N(C[C@H](C)CO)S(=O)(=O)c2ccccn2)cc1. The molecule has 1 N–H and O–H groups in total. The maximum Gasteiger partial charge on any atom is 0.281 e. The minimum Gasteiger partial charge on any atom is -0.487 e. The van der Waals surface area contributed by atoms with Crippen LogP contribution in [0.4, 0.5) is 5.69 Å². The van der Waals surface area contributed by atoms with Gasteiger partial charge < -0.3 is 9.84 Å². The van der Waals surface area contributed by atoms with Crippen LogP contribution in [0.2, 0.25) is 0 Å². The van der Waals surface area contributed by atoms with Crippen molar-refractivity contribution < 1.29 is 18.3 Å². The molecule has 3 rings (SSSR count). The largest absolute Gasteiger partial charge is 0.487 e. The van der Waals surface area contributed by atoms with Crippen LogP contribution in [0.25, 0.3) is 0 Å². The van der Waals surface area contributed by atoms with Gasteiger partial charge in [0, 0.05) is 19.3 Å². The van der Waals surface area contributed by atoms with E-state index in [1.165, 1.54) is 16.6 Å². The minimum absolute atomic E-state index is 0.0483. The zero-order chi connectivity index (χ0) is 23.3. The highest BCUT2D eigenvalue weighted by Gasteiger charge is 2.30. The third-order valence-electron chi connectivity index (χ3n) is 5.34. The summed E-state index contributed by atoms with van der Waals surface area (Å²) in [5.41, 5.74) is 4.53. The molecule has 0 spiro atoms. The van der Waals surface area contributed by atoms with E-state index in [0.29, 0.717) is 18.0 Å². The summed E-state index contributed by atoms with van der Waals surface area (Å²) in [7, 11) is -3.97. The number of rotatable bonds is 9. The third-order valence-corrected chi connectivity index (χ3v) is 7.04. The predicted molar refractivity (Wildman–Crippen MR) is 126 cm³/mol. The van der Waals surface area contributed by atoms with Crippen molar-refractivity contribution in [2.75, 3.05) is 17.5 Å². The van der Waals surface area contributed by atoms with Gasteiger partial charge in [-0.1, -0.05) is 42.8 Å². The van der Waals surface area contributed by atoms with Crippen molar-refractivity contribution in [1.29, 1.82) is 0 Å². The van der Waals surface area contributed by atoms with Crippen molar-refractivity contribution >= 4 is 15.7 Å². The molecule has 0 saturated heterocycles. The van der Waals surface area contributed by atoms with Crippen molar-refractivity contribution in [2.45, 2.75) is 39.3 Å². The lowest BCUT2D eigenvalue weighted by Crippen LogP contribution is -2.36. The molecule has 0 aliphatic carbocycles. The molecule has 1 heterocycles. The number of hydrogen-bond acceptors (Lipinski definition) is 5. The Hall–Kier alpha value is -2.90. The Morgan fingerprint density at radius 3 is 2.34 bits per heavy atom. The molecule has 0 saturated carbocycles. The van der Waals surface area contributed by atoms with Gasteiger partial charge in [0.2, 0.25) is 0 Å². The van der Waals surface area contributed by atoms with Crippen molar-refractivity contribution in [2.24, 2.45) is 5.92 Å². The maximum absolute atomic E-state index is 13.6. The molecule has 0 aliphatic heterocycles. The van der Waals surface area contributed by atoms with Crippen molar-refractivity contribution in [3.8, 4) is 5.75 Å².